The zero-order valence-corrected chi connectivity index (χ0v) is 33.3. The fourth-order valence-corrected chi connectivity index (χ4v) is 6.95. The fraction of sp³-hybridized carbons (Fsp3) is 0.0513. The monoisotopic (exact) mass is 867 g/mol. The maximum absolute atomic E-state index is 12.3. The van der Waals surface area contributed by atoms with Gasteiger partial charge in [-0.05, 0) is 103 Å². The molecule has 6 aromatic rings. The molecule has 1 aromatic heterocycles. The van der Waals surface area contributed by atoms with E-state index in [9.17, 15) is 26.4 Å². The number of anilines is 2. The van der Waals surface area contributed by atoms with E-state index in [1.807, 2.05) is 0 Å². The summed E-state index contributed by atoms with van der Waals surface area (Å²) < 4.78 is 59.2. The number of hydrogen-bond donors (Lipinski definition) is 4. The molecule has 5 aromatic carbocycles. The van der Waals surface area contributed by atoms with E-state index in [1.54, 1.807) is 85.1 Å². The number of rotatable bonds is 12. The Hall–Kier alpha value is -5.52. The average Bonchev–Trinajstić information content (AvgIpc) is 3.13. The fourth-order valence-electron chi connectivity index (χ4n) is 5.01. The van der Waals surface area contributed by atoms with Crippen molar-refractivity contribution in [3.63, 3.8) is 0 Å². The molecule has 0 radical (unpaired) electrons. The van der Waals surface area contributed by atoms with Crippen LogP contribution in [0.5, 0.6) is 23.0 Å². The third-order valence-corrected chi connectivity index (χ3v) is 10.0. The molecule has 0 aliphatic carbocycles. The van der Waals surface area contributed by atoms with E-state index in [4.69, 9.17) is 54.6 Å². The van der Waals surface area contributed by atoms with E-state index in [0.717, 1.165) is 5.56 Å². The van der Waals surface area contributed by atoms with Crippen molar-refractivity contribution in [2.45, 2.75) is 22.6 Å². The highest BCUT2D eigenvalue weighted by molar-refractivity contribution is 7.89. The van der Waals surface area contributed by atoms with Crippen LogP contribution in [0.15, 0.2) is 143 Å². The van der Waals surface area contributed by atoms with E-state index < -0.39 is 20.0 Å². The first-order chi connectivity index (χ1) is 27.0. The van der Waals surface area contributed by atoms with E-state index in [2.05, 4.69) is 15.6 Å². The van der Waals surface area contributed by atoms with Gasteiger partial charge in [0.25, 0.3) is 0 Å². The van der Waals surface area contributed by atoms with Gasteiger partial charge in [0.2, 0.25) is 31.9 Å². The molecule has 1 heterocycles. The Labute approximate surface area is 343 Å². The third kappa shape index (κ3) is 13.3. The van der Waals surface area contributed by atoms with Gasteiger partial charge in [-0.3, -0.25) is 14.6 Å². The van der Waals surface area contributed by atoms with Crippen LogP contribution in [0, 0.1) is 0 Å². The molecule has 0 fully saturated rings. The molecule has 0 saturated heterocycles. The lowest BCUT2D eigenvalue weighted by molar-refractivity contribution is -0.116. The molecule has 13 nitrogen and oxygen atoms in total. The highest BCUT2D eigenvalue weighted by Gasteiger charge is 2.20. The van der Waals surface area contributed by atoms with Gasteiger partial charge in [-0.25, -0.2) is 27.1 Å². The van der Waals surface area contributed by atoms with Crippen molar-refractivity contribution < 1.29 is 35.9 Å². The Bertz CT molecular complexity index is 2640. The molecule has 0 saturated carbocycles. The van der Waals surface area contributed by atoms with Crippen molar-refractivity contribution in [3.8, 4) is 23.0 Å². The van der Waals surface area contributed by atoms with Crippen molar-refractivity contribution in [3.05, 3.63) is 160 Å². The summed E-state index contributed by atoms with van der Waals surface area (Å²) in [5, 5.41) is 17.3. The van der Waals surface area contributed by atoms with Crippen LogP contribution in [-0.4, -0.2) is 33.6 Å². The van der Waals surface area contributed by atoms with Crippen molar-refractivity contribution >= 4 is 78.0 Å². The number of amides is 2. The minimum atomic E-state index is -4.11. The molecule has 57 heavy (non-hydrogen) atoms. The summed E-state index contributed by atoms with van der Waals surface area (Å²) in [7, 11) is -8.22. The van der Waals surface area contributed by atoms with E-state index in [-0.39, 0.29) is 57.3 Å². The number of halogens is 3. The van der Waals surface area contributed by atoms with Crippen molar-refractivity contribution in [1.29, 1.82) is 0 Å². The van der Waals surface area contributed by atoms with Gasteiger partial charge in [-0.15, -0.1) is 0 Å². The standard InChI is InChI=1S/C20H16Cl2N2O4S.C19H16ClN3O4S/c21-14-4-1-3-13(9-14)10-20(25)24-16-7-8-18(19(12-16)29(23,26)27)28-17-6-2-5-15(22)11-17;20-13-4-3-6-16(10-13)27-17-8-7-15(11-18(17)28(21,25)26)23-19(24)12-14-5-1-2-9-22-14/h1-9,11-12H,10H2,(H,24,25)(H2,23,26,27);1-11H,12H2,(H,23,24)(H2,21,25,26). The summed E-state index contributed by atoms with van der Waals surface area (Å²) >= 11 is 17.8. The maximum atomic E-state index is 12.3. The first kappa shape index (κ1) is 42.6. The van der Waals surface area contributed by atoms with Gasteiger partial charge in [-0.1, -0.05) is 65.1 Å². The molecule has 0 aliphatic rings. The lowest BCUT2D eigenvalue weighted by atomic mass is 10.1. The number of primary sulfonamides is 2. The Kier molecular flexibility index (Phi) is 14.3. The van der Waals surface area contributed by atoms with Crippen LogP contribution in [0.2, 0.25) is 15.1 Å². The Morgan fingerprint density at radius 1 is 0.561 bits per heavy atom. The molecule has 294 valence electrons. The average molecular weight is 869 g/mol. The van der Waals surface area contributed by atoms with Crippen molar-refractivity contribution in [1.82, 2.24) is 4.98 Å². The highest BCUT2D eigenvalue weighted by atomic mass is 35.5. The van der Waals surface area contributed by atoms with Gasteiger partial charge in [-0.2, -0.15) is 0 Å². The zero-order chi connectivity index (χ0) is 41.2. The molecule has 6 N–H and O–H groups in total. The first-order valence-electron chi connectivity index (χ1n) is 16.5. The number of sulfonamides is 2. The van der Waals surface area contributed by atoms with Gasteiger partial charge in [0.05, 0.1) is 12.8 Å². The lowest BCUT2D eigenvalue weighted by Gasteiger charge is -2.13. The SMILES string of the molecule is NS(=O)(=O)c1cc(NC(=O)Cc2cccc(Cl)c2)ccc1Oc1cccc(Cl)c1.NS(=O)(=O)c1cc(NC(=O)Cc2ccccn2)ccc1Oc1cccc(Cl)c1. The number of carbonyl (C=O) groups excluding carboxylic acids is 2. The number of ether oxygens (including phenoxy) is 2. The number of nitrogens with one attached hydrogen (secondary N) is 2. The van der Waals surface area contributed by atoms with E-state index in [0.29, 0.717) is 32.3 Å². The van der Waals surface area contributed by atoms with E-state index in [1.165, 1.54) is 48.5 Å². The van der Waals surface area contributed by atoms with Gasteiger partial charge in [0, 0.05) is 38.3 Å². The molecule has 0 atom stereocenters. The molecular formula is C39H32Cl3N5O8S2. The number of nitrogens with two attached hydrogens (primary N) is 2. The third-order valence-electron chi connectivity index (χ3n) is 7.44. The topological polar surface area (TPSA) is 210 Å². The summed E-state index contributed by atoms with van der Waals surface area (Å²) in [6, 6.07) is 33.5. The number of aromatic nitrogens is 1. The zero-order valence-electron chi connectivity index (χ0n) is 29.4. The number of hydrogen-bond acceptors (Lipinski definition) is 9. The molecule has 6 rings (SSSR count). The lowest BCUT2D eigenvalue weighted by Crippen LogP contribution is -2.17. The summed E-state index contributed by atoms with van der Waals surface area (Å²) in [5.74, 6) is 0.0540. The maximum Gasteiger partial charge on any atom is 0.241 e. The predicted molar refractivity (Wildman–Crippen MR) is 219 cm³/mol. The molecule has 0 aliphatic heterocycles. The van der Waals surface area contributed by atoms with Crippen LogP contribution in [0.1, 0.15) is 11.3 Å². The summed E-state index contributed by atoms with van der Waals surface area (Å²) in [6.45, 7) is 0. The van der Waals surface area contributed by atoms with Gasteiger partial charge >= 0.3 is 0 Å². The van der Waals surface area contributed by atoms with Gasteiger partial charge in [0.15, 0.2) is 0 Å². The van der Waals surface area contributed by atoms with Crippen molar-refractivity contribution in [2.24, 2.45) is 10.3 Å². The largest absolute Gasteiger partial charge is 0.456 e. The Morgan fingerprint density at radius 2 is 1.04 bits per heavy atom. The van der Waals surface area contributed by atoms with Crippen LogP contribution in [0.4, 0.5) is 11.4 Å². The van der Waals surface area contributed by atoms with E-state index >= 15 is 0 Å². The number of nitrogens with zero attached hydrogens (tertiary/aromatic N) is 1. The van der Waals surface area contributed by atoms with Crippen molar-refractivity contribution in [2.75, 3.05) is 10.6 Å². The normalized spacial score (nSPS) is 11.1. The molecule has 2 amide bonds. The minimum Gasteiger partial charge on any atom is -0.456 e. The second-order valence-corrected chi connectivity index (χ2v) is 16.3. The highest BCUT2D eigenvalue weighted by Crippen LogP contribution is 2.33. The van der Waals surface area contributed by atoms with Crippen LogP contribution < -0.4 is 30.4 Å². The quantitative estimate of drug-likeness (QED) is 0.0939. The Morgan fingerprint density at radius 3 is 1.47 bits per heavy atom. The summed E-state index contributed by atoms with van der Waals surface area (Å²) in [5.41, 5.74) is 1.85. The minimum absolute atomic E-state index is 0.0163. The molecule has 0 unspecified atom stereocenters. The second-order valence-electron chi connectivity index (χ2n) is 11.9. The predicted octanol–water partition coefficient (Wildman–Crippen LogP) is 7.97. The number of pyridine rings is 1. The molecule has 0 bridgehead atoms. The van der Waals surface area contributed by atoms with Crippen LogP contribution in [0.25, 0.3) is 0 Å². The van der Waals surface area contributed by atoms with Crippen LogP contribution in [-0.2, 0) is 42.5 Å². The smallest absolute Gasteiger partial charge is 0.241 e. The van der Waals surface area contributed by atoms with Gasteiger partial charge < -0.3 is 20.1 Å². The molecular weight excluding hydrogens is 837 g/mol. The van der Waals surface area contributed by atoms with Gasteiger partial charge in [0.1, 0.15) is 32.8 Å². The Balaban J connectivity index is 0.000000218. The molecule has 0 spiro atoms. The van der Waals surface area contributed by atoms with Crippen LogP contribution >= 0.6 is 34.8 Å². The van der Waals surface area contributed by atoms with Crippen LogP contribution in [0.3, 0.4) is 0 Å². The number of carbonyl (C=O) groups is 2. The molecule has 18 heteroatoms. The number of benzene rings is 5. The second kappa shape index (κ2) is 19.1. The summed E-state index contributed by atoms with van der Waals surface area (Å²) in [6.07, 6.45) is 1.71. The first-order valence-corrected chi connectivity index (χ1v) is 20.7. The summed E-state index contributed by atoms with van der Waals surface area (Å²) in [4.78, 5) is 28.0.